The minimum atomic E-state index is -3.81. The maximum atomic E-state index is 14.0. The molecule has 0 spiro atoms. The summed E-state index contributed by atoms with van der Waals surface area (Å²) in [5, 5.41) is 0. The summed E-state index contributed by atoms with van der Waals surface area (Å²) in [4.78, 5) is 11.0. The Morgan fingerprint density at radius 3 is 2.50 bits per heavy atom. The summed E-state index contributed by atoms with van der Waals surface area (Å²) >= 11 is 0. The largest absolute Gasteiger partial charge is 0.366 e. The van der Waals surface area contributed by atoms with Gasteiger partial charge in [-0.05, 0) is 25.0 Å². The van der Waals surface area contributed by atoms with Crippen molar-refractivity contribution in [1.29, 1.82) is 0 Å². The van der Waals surface area contributed by atoms with Gasteiger partial charge in [-0.15, -0.1) is 0 Å². The van der Waals surface area contributed by atoms with Crippen LogP contribution in [0.3, 0.4) is 0 Å². The lowest BCUT2D eigenvalue weighted by molar-refractivity contribution is 0.0996. The van der Waals surface area contributed by atoms with Gasteiger partial charge < -0.3 is 5.73 Å². The van der Waals surface area contributed by atoms with E-state index in [1.165, 1.54) is 22.5 Å². The Kier molecular flexibility index (Phi) is 4.24. The van der Waals surface area contributed by atoms with Gasteiger partial charge in [-0.1, -0.05) is 12.5 Å². The summed E-state index contributed by atoms with van der Waals surface area (Å²) in [7, 11) is -3.81. The van der Waals surface area contributed by atoms with E-state index in [-0.39, 0.29) is 11.3 Å². The number of anilines is 1. The minimum absolute atomic E-state index is 0.271. The second-order valence-corrected chi connectivity index (χ2v) is 6.27. The molecule has 2 rings (SSSR count). The molecule has 1 amide bonds. The van der Waals surface area contributed by atoms with Gasteiger partial charge in [-0.2, -0.15) is 12.7 Å². The highest BCUT2D eigenvalue weighted by molar-refractivity contribution is 7.90. The molecular formula is C12H16FN3O3S. The normalized spacial score (nSPS) is 16.9. The van der Waals surface area contributed by atoms with Crippen LogP contribution < -0.4 is 10.5 Å². The van der Waals surface area contributed by atoms with Crippen molar-refractivity contribution in [2.24, 2.45) is 5.73 Å². The van der Waals surface area contributed by atoms with E-state index in [1.807, 2.05) is 0 Å². The van der Waals surface area contributed by atoms with Gasteiger partial charge >= 0.3 is 10.2 Å². The van der Waals surface area contributed by atoms with Gasteiger partial charge in [0.05, 0.1) is 11.3 Å². The first-order valence-corrected chi connectivity index (χ1v) is 7.72. The SMILES string of the molecule is NC(=O)c1cccc(NS(=O)(=O)N2CCCCC2)c1F. The van der Waals surface area contributed by atoms with Gasteiger partial charge in [0.2, 0.25) is 0 Å². The molecular weight excluding hydrogens is 285 g/mol. The van der Waals surface area contributed by atoms with Gasteiger partial charge in [0.15, 0.2) is 5.82 Å². The monoisotopic (exact) mass is 301 g/mol. The number of piperidine rings is 1. The standard InChI is InChI=1S/C12H16FN3O3S/c13-11-9(12(14)17)5-4-6-10(11)15-20(18,19)16-7-2-1-3-8-16/h4-6,15H,1-3,7-8H2,(H2,14,17). The van der Waals surface area contributed by atoms with Crippen molar-refractivity contribution in [3.63, 3.8) is 0 Å². The molecule has 1 heterocycles. The van der Waals surface area contributed by atoms with E-state index in [0.29, 0.717) is 13.1 Å². The molecule has 0 radical (unpaired) electrons. The van der Waals surface area contributed by atoms with E-state index in [0.717, 1.165) is 19.3 Å². The van der Waals surface area contributed by atoms with Crippen LogP contribution in [-0.2, 0) is 10.2 Å². The Labute approximate surface area is 116 Å². The van der Waals surface area contributed by atoms with E-state index in [2.05, 4.69) is 4.72 Å². The van der Waals surface area contributed by atoms with Crippen LogP contribution in [0.5, 0.6) is 0 Å². The van der Waals surface area contributed by atoms with Crippen LogP contribution in [0.1, 0.15) is 29.6 Å². The molecule has 3 N–H and O–H groups in total. The third kappa shape index (κ3) is 3.07. The Morgan fingerprint density at radius 1 is 1.25 bits per heavy atom. The first kappa shape index (κ1) is 14.7. The number of carbonyl (C=O) groups is 1. The number of rotatable bonds is 4. The van der Waals surface area contributed by atoms with Crippen molar-refractivity contribution in [3.05, 3.63) is 29.6 Å². The number of carbonyl (C=O) groups excluding carboxylic acids is 1. The Morgan fingerprint density at radius 2 is 1.90 bits per heavy atom. The zero-order valence-electron chi connectivity index (χ0n) is 10.8. The number of benzene rings is 1. The number of nitrogens with one attached hydrogen (secondary N) is 1. The number of nitrogens with two attached hydrogens (primary N) is 1. The molecule has 0 saturated carbocycles. The first-order valence-electron chi connectivity index (χ1n) is 6.28. The van der Waals surface area contributed by atoms with Crippen LogP contribution in [0.4, 0.5) is 10.1 Å². The highest BCUT2D eigenvalue weighted by Gasteiger charge is 2.25. The van der Waals surface area contributed by atoms with Crippen LogP contribution in [0, 0.1) is 5.82 Å². The number of nitrogens with zero attached hydrogens (tertiary/aromatic N) is 1. The lowest BCUT2D eigenvalue weighted by Gasteiger charge is -2.26. The van der Waals surface area contributed by atoms with Crippen molar-refractivity contribution in [1.82, 2.24) is 4.31 Å². The fraction of sp³-hybridized carbons (Fsp3) is 0.417. The first-order chi connectivity index (χ1) is 9.42. The van der Waals surface area contributed by atoms with E-state index < -0.39 is 21.9 Å². The highest BCUT2D eigenvalue weighted by Crippen LogP contribution is 2.21. The lowest BCUT2D eigenvalue weighted by Crippen LogP contribution is -2.39. The van der Waals surface area contributed by atoms with Crippen molar-refractivity contribution in [2.75, 3.05) is 17.8 Å². The van der Waals surface area contributed by atoms with Gasteiger partial charge in [-0.25, -0.2) is 4.39 Å². The summed E-state index contributed by atoms with van der Waals surface area (Å²) in [5.41, 5.74) is 4.41. The molecule has 1 saturated heterocycles. The van der Waals surface area contributed by atoms with Crippen molar-refractivity contribution in [2.45, 2.75) is 19.3 Å². The summed E-state index contributed by atoms with van der Waals surface area (Å²) in [6.07, 6.45) is 2.55. The summed E-state index contributed by atoms with van der Waals surface area (Å²) < 4.78 is 41.7. The summed E-state index contributed by atoms with van der Waals surface area (Å²) in [6.45, 7) is 0.818. The fourth-order valence-corrected chi connectivity index (χ4v) is 3.41. The maximum absolute atomic E-state index is 14.0. The molecule has 1 aromatic carbocycles. The van der Waals surface area contributed by atoms with Crippen LogP contribution >= 0.6 is 0 Å². The Bertz CT molecular complexity index is 612. The maximum Gasteiger partial charge on any atom is 0.301 e. The molecule has 110 valence electrons. The summed E-state index contributed by atoms with van der Waals surface area (Å²) in [6, 6.07) is 3.83. The zero-order chi connectivity index (χ0) is 14.8. The average Bonchev–Trinajstić information content (AvgIpc) is 2.41. The van der Waals surface area contributed by atoms with E-state index in [1.54, 1.807) is 0 Å². The minimum Gasteiger partial charge on any atom is -0.366 e. The van der Waals surface area contributed by atoms with Crippen LogP contribution in [-0.4, -0.2) is 31.7 Å². The predicted molar refractivity (Wildman–Crippen MR) is 72.9 cm³/mol. The number of hydrogen-bond acceptors (Lipinski definition) is 3. The van der Waals surface area contributed by atoms with Crippen LogP contribution in [0.2, 0.25) is 0 Å². The molecule has 0 unspecified atom stereocenters. The van der Waals surface area contributed by atoms with Crippen LogP contribution in [0.25, 0.3) is 0 Å². The molecule has 0 atom stereocenters. The second kappa shape index (κ2) is 5.76. The molecule has 0 bridgehead atoms. The predicted octanol–water partition coefficient (Wildman–Crippen LogP) is 1.07. The van der Waals surface area contributed by atoms with Crippen molar-refractivity contribution in [3.8, 4) is 0 Å². The second-order valence-electron chi connectivity index (χ2n) is 4.60. The molecule has 8 heteroatoms. The topological polar surface area (TPSA) is 92.5 Å². The zero-order valence-corrected chi connectivity index (χ0v) is 11.6. The third-order valence-electron chi connectivity index (χ3n) is 3.16. The summed E-state index contributed by atoms with van der Waals surface area (Å²) in [5.74, 6) is -1.90. The van der Waals surface area contributed by atoms with Gasteiger partial charge in [0.1, 0.15) is 0 Å². The molecule has 1 fully saturated rings. The quantitative estimate of drug-likeness (QED) is 0.871. The average molecular weight is 301 g/mol. The van der Waals surface area contributed by atoms with Crippen LogP contribution in [0.15, 0.2) is 18.2 Å². The smallest absolute Gasteiger partial charge is 0.301 e. The number of amides is 1. The third-order valence-corrected chi connectivity index (χ3v) is 4.68. The molecule has 0 aromatic heterocycles. The molecule has 20 heavy (non-hydrogen) atoms. The Hall–Kier alpha value is -1.67. The van der Waals surface area contributed by atoms with Gasteiger partial charge in [0, 0.05) is 13.1 Å². The number of hydrogen-bond donors (Lipinski definition) is 2. The van der Waals surface area contributed by atoms with E-state index in [4.69, 9.17) is 5.73 Å². The van der Waals surface area contributed by atoms with Gasteiger partial charge in [0.25, 0.3) is 5.91 Å². The lowest BCUT2D eigenvalue weighted by atomic mass is 10.2. The van der Waals surface area contributed by atoms with Gasteiger partial charge in [-0.3, -0.25) is 9.52 Å². The Balaban J connectivity index is 2.25. The number of halogens is 1. The number of primary amides is 1. The van der Waals surface area contributed by atoms with E-state index in [9.17, 15) is 17.6 Å². The highest BCUT2D eigenvalue weighted by atomic mass is 32.2. The molecule has 6 nitrogen and oxygen atoms in total. The fourth-order valence-electron chi connectivity index (χ4n) is 2.11. The molecule has 1 aliphatic rings. The van der Waals surface area contributed by atoms with Crippen molar-refractivity contribution >= 4 is 21.8 Å². The molecule has 0 aliphatic carbocycles. The van der Waals surface area contributed by atoms with Crippen molar-refractivity contribution < 1.29 is 17.6 Å². The molecule has 1 aromatic rings. The molecule has 1 aliphatic heterocycles. The van der Waals surface area contributed by atoms with E-state index >= 15 is 0 Å².